The Morgan fingerprint density at radius 2 is 2.08 bits per heavy atom. The number of hydrogen-bond donors (Lipinski definition) is 1. The molecule has 0 fully saturated rings. The fourth-order valence-corrected chi connectivity index (χ4v) is 2.79. The minimum Gasteiger partial charge on any atom is -0.593 e. The molecule has 0 aliphatic rings. The third-order valence-electron chi connectivity index (χ3n) is 3.20. The van der Waals surface area contributed by atoms with Gasteiger partial charge in [-0.3, -0.25) is 4.52 Å². The summed E-state index contributed by atoms with van der Waals surface area (Å²) in [6.45, 7) is 2.32. The number of anilines is 1. The lowest BCUT2D eigenvalue weighted by molar-refractivity contribution is -0.166. The summed E-state index contributed by atoms with van der Waals surface area (Å²) in [5.74, 6) is 2.06. The molecular formula is C15H16N5O3P. The monoisotopic (exact) mass is 345 g/mol. The highest BCUT2D eigenvalue weighted by atomic mass is 31.1. The van der Waals surface area contributed by atoms with Crippen LogP contribution in [0.1, 0.15) is 6.92 Å². The lowest BCUT2D eigenvalue weighted by Crippen LogP contribution is -2.16. The van der Waals surface area contributed by atoms with Gasteiger partial charge in [0.1, 0.15) is 11.8 Å². The summed E-state index contributed by atoms with van der Waals surface area (Å²) in [5.41, 5.74) is 6.93. The Hall–Kier alpha value is -2.54. The Morgan fingerprint density at radius 3 is 2.88 bits per heavy atom. The third-order valence-corrected chi connectivity index (χ3v) is 3.89. The summed E-state index contributed by atoms with van der Waals surface area (Å²) in [7, 11) is -2.06. The fourth-order valence-electron chi connectivity index (χ4n) is 2.11. The molecule has 0 saturated heterocycles. The van der Waals surface area contributed by atoms with Crippen LogP contribution in [-0.2, 0) is 11.3 Å². The first-order chi connectivity index (χ1) is 11.6. The van der Waals surface area contributed by atoms with Gasteiger partial charge >= 0.3 is 8.00 Å². The van der Waals surface area contributed by atoms with Crippen molar-refractivity contribution in [1.82, 2.24) is 19.5 Å². The van der Waals surface area contributed by atoms with E-state index in [4.69, 9.17) is 15.0 Å². The number of rotatable bonds is 6. The van der Waals surface area contributed by atoms with Crippen LogP contribution in [0.2, 0.25) is 0 Å². The molecule has 8 nitrogen and oxygen atoms in total. The molecule has 2 aromatic heterocycles. The van der Waals surface area contributed by atoms with Crippen molar-refractivity contribution in [2.24, 2.45) is 0 Å². The van der Waals surface area contributed by atoms with E-state index in [1.807, 2.05) is 13.0 Å². The van der Waals surface area contributed by atoms with Gasteiger partial charge in [0.05, 0.1) is 19.0 Å². The first kappa shape index (κ1) is 16.3. The maximum atomic E-state index is 11.9. The van der Waals surface area contributed by atoms with Gasteiger partial charge in [0.25, 0.3) is 5.98 Å². The zero-order valence-corrected chi connectivity index (χ0v) is 13.8. The number of para-hydroxylation sites is 1. The minimum atomic E-state index is -2.06. The van der Waals surface area contributed by atoms with Crippen LogP contribution in [0, 0.1) is 0 Å². The molecule has 2 atom stereocenters. The molecule has 2 unspecified atom stereocenters. The highest BCUT2D eigenvalue weighted by molar-refractivity contribution is 7.44. The molecule has 3 aromatic rings. The van der Waals surface area contributed by atoms with Crippen LogP contribution in [0.25, 0.3) is 11.2 Å². The Bertz CT molecular complexity index is 853. The molecular weight excluding hydrogens is 329 g/mol. The second-order valence-electron chi connectivity index (χ2n) is 5.07. The van der Waals surface area contributed by atoms with E-state index < -0.39 is 8.00 Å². The van der Waals surface area contributed by atoms with Gasteiger partial charge in [-0.2, -0.15) is 0 Å². The molecule has 3 rings (SSSR count). The molecule has 9 heteroatoms. The van der Waals surface area contributed by atoms with E-state index in [2.05, 4.69) is 15.0 Å². The lowest BCUT2D eigenvalue weighted by atomic mass is 10.3. The molecule has 0 bridgehead atoms. The van der Waals surface area contributed by atoms with Crippen molar-refractivity contribution in [3.63, 3.8) is 0 Å². The van der Waals surface area contributed by atoms with E-state index in [-0.39, 0.29) is 6.10 Å². The maximum Gasteiger partial charge on any atom is 0.303 e. The van der Waals surface area contributed by atoms with Crippen molar-refractivity contribution in [3.05, 3.63) is 43.0 Å². The Labute approximate surface area is 139 Å². The van der Waals surface area contributed by atoms with E-state index in [0.717, 1.165) is 0 Å². The summed E-state index contributed by atoms with van der Waals surface area (Å²) in [5, 5.41) is 0. The zero-order chi connectivity index (χ0) is 16.9. The largest absolute Gasteiger partial charge is 0.593 e. The summed E-state index contributed by atoms with van der Waals surface area (Å²) in [4.78, 5) is 24.1. The van der Waals surface area contributed by atoms with E-state index in [9.17, 15) is 4.89 Å². The van der Waals surface area contributed by atoms with Gasteiger partial charge in [-0.25, -0.2) is 15.0 Å². The van der Waals surface area contributed by atoms with Crippen LogP contribution >= 0.6 is 8.00 Å². The molecule has 0 aliphatic carbocycles. The van der Waals surface area contributed by atoms with Crippen LogP contribution in [-0.4, -0.2) is 31.6 Å². The van der Waals surface area contributed by atoms with Crippen molar-refractivity contribution in [2.75, 3.05) is 5.73 Å². The zero-order valence-electron chi connectivity index (χ0n) is 12.9. The van der Waals surface area contributed by atoms with Crippen molar-refractivity contribution < 1.29 is 14.2 Å². The van der Waals surface area contributed by atoms with E-state index in [0.29, 0.717) is 29.3 Å². The summed E-state index contributed by atoms with van der Waals surface area (Å²) < 4.78 is 12.5. The second kappa shape index (κ2) is 7.35. The number of hydrogen-bond acceptors (Lipinski definition) is 7. The van der Waals surface area contributed by atoms with Gasteiger partial charge < -0.3 is 19.9 Å². The highest BCUT2D eigenvalue weighted by Gasteiger charge is 2.12. The van der Waals surface area contributed by atoms with E-state index in [1.165, 1.54) is 12.3 Å². The first-order valence-corrected chi connectivity index (χ1v) is 8.47. The topological polar surface area (TPSA) is 111 Å². The Balaban J connectivity index is 1.61. The molecule has 24 heavy (non-hydrogen) atoms. The molecule has 1 aromatic carbocycles. The lowest BCUT2D eigenvalue weighted by Gasteiger charge is -2.10. The normalized spacial score (nSPS) is 13.2. The quantitative estimate of drug-likeness (QED) is 0.671. The van der Waals surface area contributed by atoms with Crippen molar-refractivity contribution >= 4 is 31.0 Å². The number of imidazole rings is 1. The molecule has 0 radical (unpaired) electrons. The number of fused-ring (bicyclic) bond motifs is 1. The van der Waals surface area contributed by atoms with Crippen LogP contribution in [0.15, 0.2) is 43.0 Å². The minimum absolute atomic E-state index is 0.253. The van der Waals surface area contributed by atoms with Crippen molar-refractivity contribution in [1.29, 1.82) is 0 Å². The maximum absolute atomic E-state index is 11.9. The third kappa shape index (κ3) is 3.86. The van der Waals surface area contributed by atoms with Gasteiger partial charge in [-0.1, -0.05) is 18.2 Å². The number of nitrogens with two attached hydrogens (primary N) is 1. The predicted molar refractivity (Wildman–Crippen MR) is 90.3 cm³/mol. The van der Waals surface area contributed by atoms with Gasteiger partial charge in [-0.05, 0) is 19.1 Å². The smallest absolute Gasteiger partial charge is 0.303 e. The first-order valence-electron chi connectivity index (χ1n) is 7.23. The molecule has 0 amide bonds. The fraction of sp³-hybridized carbons (Fsp3) is 0.200. The van der Waals surface area contributed by atoms with Gasteiger partial charge in [0.15, 0.2) is 17.2 Å². The van der Waals surface area contributed by atoms with Gasteiger partial charge in [0.2, 0.25) is 0 Å². The molecule has 0 saturated carbocycles. The van der Waals surface area contributed by atoms with Crippen LogP contribution < -0.4 is 15.2 Å². The molecule has 0 spiro atoms. The average Bonchev–Trinajstić information content (AvgIpc) is 2.98. The SMILES string of the molecule is CC(Cn1cnc2c(N)ncnc21)O/C=[P+](\[O-])Oc1ccccc1. The van der Waals surface area contributed by atoms with E-state index >= 15 is 0 Å². The molecule has 0 aliphatic heterocycles. The van der Waals surface area contributed by atoms with Crippen LogP contribution in [0.3, 0.4) is 0 Å². The predicted octanol–water partition coefficient (Wildman–Crippen LogP) is 1.32. The highest BCUT2D eigenvalue weighted by Crippen LogP contribution is 2.20. The number of nitrogen functional groups attached to an aromatic ring is 1. The second-order valence-corrected chi connectivity index (χ2v) is 6.03. The molecule has 2 heterocycles. The van der Waals surface area contributed by atoms with Gasteiger partial charge in [0, 0.05) is 0 Å². The number of benzene rings is 1. The summed E-state index contributed by atoms with van der Waals surface area (Å²) >= 11 is 0. The van der Waals surface area contributed by atoms with Crippen molar-refractivity contribution in [2.45, 2.75) is 19.6 Å². The van der Waals surface area contributed by atoms with E-state index in [1.54, 1.807) is 35.2 Å². The summed E-state index contributed by atoms with van der Waals surface area (Å²) in [6.07, 6.45) is 2.76. The van der Waals surface area contributed by atoms with Crippen LogP contribution in [0.5, 0.6) is 5.75 Å². The van der Waals surface area contributed by atoms with Gasteiger partial charge in [-0.15, -0.1) is 0 Å². The van der Waals surface area contributed by atoms with Crippen LogP contribution in [0.4, 0.5) is 5.82 Å². The Morgan fingerprint density at radius 1 is 1.29 bits per heavy atom. The standard InChI is InChI=1S/C15H16N5O3P/c1-11(22-10-24(21)23-12-5-3-2-4-6-12)7-20-9-19-13-14(16)17-8-18-15(13)20/h2-6,8-11H,7H2,1H3,(H2,16,17,18). The molecule has 124 valence electrons. The number of ether oxygens (including phenoxy) is 1. The Kier molecular flexibility index (Phi) is 5.00. The molecule has 2 N–H and O–H groups in total. The van der Waals surface area contributed by atoms with Crippen molar-refractivity contribution in [3.8, 4) is 5.75 Å². The number of nitrogens with zero attached hydrogens (tertiary/aromatic N) is 4. The average molecular weight is 345 g/mol. The number of aromatic nitrogens is 4. The summed E-state index contributed by atoms with van der Waals surface area (Å²) in [6, 6.07) is 8.92.